The second-order valence-electron chi connectivity index (χ2n) is 4.42. The van der Waals surface area contributed by atoms with Gasteiger partial charge in [-0.05, 0) is 35.8 Å². The molecule has 2 aromatic carbocycles. The molecule has 1 aliphatic rings. The molecule has 16 heavy (non-hydrogen) atoms. The molecular weight excluding hydrogens is 284 g/mol. The molecule has 0 saturated heterocycles. The van der Waals surface area contributed by atoms with Crippen LogP contribution in [0.4, 0.5) is 0 Å². The van der Waals surface area contributed by atoms with Gasteiger partial charge in [0.15, 0.2) is 0 Å². The molecule has 0 nitrogen and oxygen atoms in total. The number of benzene rings is 2. The third-order valence-corrected chi connectivity index (χ3v) is 4.81. The van der Waals surface area contributed by atoms with E-state index in [1.807, 2.05) is 12.1 Å². The van der Waals surface area contributed by atoms with Crippen molar-refractivity contribution in [1.29, 1.82) is 0 Å². The smallest absolute Gasteiger partial charge is 0.0484 e. The van der Waals surface area contributed by atoms with Gasteiger partial charge < -0.3 is 0 Å². The first-order chi connectivity index (χ1) is 7.77. The van der Waals surface area contributed by atoms with Crippen LogP contribution >= 0.6 is 27.5 Å². The maximum Gasteiger partial charge on any atom is 0.0484 e. The Balaban J connectivity index is 2.20. The average molecular weight is 296 g/mol. The Labute approximate surface area is 109 Å². The van der Waals surface area contributed by atoms with Crippen molar-refractivity contribution in [3.8, 4) is 0 Å². The third kappa shape index (κ3) is 1.76. The van der Waals surface area contributed by atoms with Crippen LogP contribution in [0.25, 0.3) is 10.8 Å². The Hall–Kier alpha value is -0.530. The maximum atomic E-state index is 6.21. The standard InChI is InChI=1S/C14H12BrCl/c15-14(9-5-6-9)12-7-8-13(16)11-4-2-1-3-10(11)12/h1-4,7-9,14H,5-6H2. The van der Waals surface area contributed by atoms with Crippen LogP contribution < -0.4 is 0 Å². The van der Waals surface area contributed by atoms with Gasteiger partial charge in [-0.25, -0.2) is 0 Å². The summed E-state index contributed by atoms with van der Waals surface area (Å²) < 4.78 is 0. The van der Waals surface area contributed by atoms with Crippen molar-refractivity contribution in [2.45, 2.75) is 17.7 Å². The predicted octanol–water partition coefficient (Wildman–Crippen LogP) is 5.34. The van der Waals surface area contributed by atoms with E-state index < -0.39 is 0 Å². The summed E-state index contributed by atoms with van der Waals surface area (Å²) in [5.74, 6) is 0.810. The maximum absolute atomic E-state index is 6.21. The summed E-state index contributed by atoms with van der Waals surface area (Å²) in [4.78, 5) is 0.481. The van der Waals surface area contributed by atoms with Gasteiger partial charge in [-0.2, -0.15) is 0 Å². The van der Waals surface area contributed by atoms with E-state index >= 15 is 0 Å². The number of fused-ring (bicyclic) bond motifs is 1. The molecule has 0 heterocycles. The van der Waals surface area contributed by atoms with Gasteiger partial charge in [0, 0.05) is 15.2 Å². The molecule has 0 aromatic heterocycles. The van der Waals surface area contributed by atoms with E-state index in [0.29, 0.717) is 4.83 Å². The van der Waals surface area contributed by atoms with Crippen LogP contribution in [0.2, 0.25) is 5.02 Å². The van der Waals surface area contributed by atoms with E-state index in [-0.39, 0.29) is 0 Å². The lowest BCUT2D eigenvalue weighted by atomic mass is 10.0. The Kier molecular flexibility index (Phi) is 2.68. The molecule has 0 N–H and O–H groups in total. The highest BCUT2D eigenvalue weighted by atomic mass is 79.9. The van der Waals surface area contributed by atoms with Gasteiger partial charge in [0.05, 0.1) is 0 Å². The summed E-state index contributed by atoms with van der Waals surface area (Å²) in [6.45, 7) is 0. The highest BCUT2D eigenvalue weighted by Crippen LogP contribution is 2.48. The average Bonchev–Trinajstić information content (AvgIpc) is 3.13. The van der Waals surface area contributed by atoms with Crippen LogP contribution in [0.3, 0.4) is 0 Å². The van der Waals surface area contributed by atoms with E-state index in [4.69, 9.17) is 11.6 Å². The lowest BCUT2D eigenvalue weighted by Crippen LogP contribution is -1.93. The quantitative estimate of drug-likeness (QED) is 0.656. The molecule has 0 aliphatic heterocycles. The third-order valence-electron chi connectivity index (χ3n) is 3.24. The number of alkyl halides is 1. The number of rotatable bonds is 2. The van der Waals surface area contributed by atoms with E-state index in [0.717, 1.165) is 16.3 Å². The zero-order chi connectivity index (χ0) is 11.1. The van der Waals surface area contributed by atoms with Crippen LogP contribution in [0.15, 0.2) is 36.4 Å². The van der Waals surface area contributed by atoms with Crippen LogP contribution in [-0.4, -0.2) is 0 Å². The van der Waals surface area contributed by atoms with Crippen LogP contribution in [0.1, 0.15) is 23.2 Å². The van der Waals surface area contributed by atoms with Crippen molar-refractivity contribution < 1.29 is 0 Å². The van der Waals surface area contributed by atoms with Crippen LogP contribution in [-0.2, 0) is 0 Å². The normalized spacial score (nSPS) is 17.6. The summed E-state index contributed by atoms with van der Waals surface area (Å²) in [7, 11) is 0. The predicted molar refractivity (Wildman–Crippen MR) is 73.4 cm³/mol. The van der Waals surface area contributed by atoms with Crippen LogP contribution in [0.5, 0.6) is 0 Å². The Morgan fingerprint density at radius 3 is 2.44 bits per heavy atom. The Morgan fingerprint density at radius 1 is 1.06 bits per heavy atom. The fourth-order valence-corrected chi connectivity index (χ4v) is 3.32. The zero-order valence-corrected chi connectivity index (χ0v) is 11.1. The fourth-order valence-electron chi connectivity index (χ4n) is 2.17. The fraction of sp³-hybridized carbons (Fsp3) is 0.286. The van der Waals surface area contributed by atoms with Crippen molar-refractivity contribution in [3.05, 3.63) is 47.0 Å². The number of hydrogen-bond donors (Lipinski definition) is 0. The second-order valence-corrected chi connectivity index (χ2v) is 5.82. The van der Waals surface area contributed by atoms with Crippen molar-refractivity contribution in [3.63, 3.8) is 0 Å². The molecule has 1 unspecified atom stereocenters. The Morgan fingerprint density at radius 2 is 1.75 bits per heavy atom. The molecule has 0 radical (unpaired) electrons. The highest BCUT2D eigenvalue weighted by Gasteiger charge is 2.31. The monoisotopic (exact) mass is 294 g/mol. The molecule has 1 fully saturated rings. The van der Waals surface area contributed by atoms with Gasteiger partial charge in [-0.1, -0.05) is 57.9 Å². The molecule has 0 bridgehead atoms. The molecule has 1 saturated carbocycles. The minimum absolute atomic E-state index is 0.481. The molecule has 1 atom stereocenters. The summed E-state index contributed by atoms with van der Waals surface area (Å²) in [6.07, 6.45) is 2.68. The molecule has 3 rings (SSSR count). The first kappa shape index (κ1) is 10.6. The molecule has 0 amide bonds. The Bertz CT molecular complexity index is 531. The second kappa shape index (κ2) is 4.05. The summed E-state index contributed by atoms with van der Waals surface area (Å²) >= 11 is 10.0. The summed E-state index contributed by atoms with van der Waals surface area (Å²) in [6, 6.07) is 12.5. The molecule has 0 spiro atoms. The molecule has 2 heteroatoms. The zero-order valence-electron chi connectivity index (χ0n) is 8.79. The van der Waals surface area contributed by atoms with Gasteiger partial charge in [0.25, 0.3) is 0 Å². The lowest BCUT2D eigenvalue weighted by Gasteiger charge is -2.13. The minimum atomic E-state index is 0.481. The number of hydrogen-bond acceptors (Lipinski definition) is 0. The van der Waals surface area contributed by atoms with Gasteiger partial charge in [-0.3, -0.25) is 0 Å². The van der Waals surface area contributed by atoms with Crippen molar-refractivity contribution >= 4 is 38.3 Å². The van der Waals surface area contributed by atoms with Crippen molar-refractivity contribution in [2.75, 3.05) is 0 Å². The van der Waals surface area contributed by atoms with E-state index in [1.165, 1.54) is 23.8 Å². The SMILES string of the molecule is Clc1ccc(C(Br)C2CC2)c2ccccc12. The van der Waals surface area contributed by atoms with Gasteiger partial charge in [-0.15, -0.1) is 0 Å². The first-order valence-corrected chi connectivity index (χ1v) is 6.88. The van der Waals surface area contributed by atoms with Crippen LogP contribution in [0, 0.1) is 5.92 Å². The highest BCUT2D eigenvalue weighted by molar-refractivity contribution is 9.09. The van der Waals surface area contributed by atoms with E-state index in [2.05, 4.69) is 40.2 Å². The summed E-state index contributed by atoms with van der Waals surface area (Å²) in [5, 5.41) is 3.28. The van der Waals surface area contributed by atoms with Gasteiger partial charge in [0.2, 0.25) is 0 Å². The van der Waals surface area contributed by atoms with Crippen molar-refractivity contribution in [2.24, 2.45) is 5.92 Å². The largest absolute Gasteiger partial charge is 0.0837 e. The lowest BCUT2D eigenvalue weighted by molar-refractivity contribution is 0.829. The van der Waals surface area contributed by atoms with Crippen molar-refractivity contribution in [1.82, 2.24) is 0 Å². The van der Waals surface area contributed by atoms with Gasteiger partial charge >= 0.3 is 0 Å². The van der Waals surface area contributed by atoms with E-state index in [1.54, 1.807) is 0 Å². The number of halogens is 2. The topological polar surface area (TPSA) is 0 Å². The molecule has 1 aliphatic carbocycles. The van der Waals surface area contributed by atoms with E-state index in [9.17, 15) is 0 Å². The molecule has 2 aromatic rings. The minimum Gasteiger partial charge on any atom is -0.0837 e. The summed E-state index contributed by atoms with van der Waals surface area (Å²) in [5.41, 5.74) is 1.38. The molecular formula is C14H12BrCl. The first-order valence-electron chi connectivity index (χ1n) is 5.58. The molecule has 82 valence electrons. The van der Waals surface area contributed by atoms with Gasteiger partial charge in [0.1, 0.15) is 0 Å².